The van der Waals surface area contributed by atoms with E-state index in [1.54, 1.807) is 0 Å². The van der Waals surface area contributed by atoms with E-state index in [0.717, 1.165) is 11.4 Å². The van der Waals surface area contributed by atoms with Gasteiger partial charge in [0.25, 0.3) is 0 Å². The molecule has 12 aromatic carbocycles. The number of rotatable bonds is 5. The fourth-order valence-electron chi connectivity index (χ4n) is 14.2. The van der Waals surface area contributed by atoms with E-state index in [4.69, 9.17) is 0 Å². The van der Waals surface area contributed by atoms with Gasteiger partial charge >= 0.3 is 0 Å². The first-order chi connectivity index (χ1) is 37.5. The number of nitrogens with zero attached hydrogens (tertiary/aromatic N) is 2. The molecule has 0 saturated carbocycles. The highest BCUT2D eigenvalue weighted by atomic mass is 15.2. The third-order valence-corrected chi connectivity index (χ3v) is 18.0. The van der Waals surface area contributed by atoms with Crippen molar-refractivity contribution in [2.24, 2.45) is 0 Å². The predicted molar refractivity (Wildman–Crippen MR) is 326 cm³/mol. The van der Waals surface area contributed by atoms with Gasteiger partial charge in [-0.25, -0.2) is 0 Å². The van der Waals surface area contributed by atoms with E-state index in [1.807, 2.05) is 0 Å². The van der Waals surface area contributed by atoms with Crippen molar-refractivity contribution in [3.63, 3.8) is 0 Å². The van der Waals surface area contributed by atoms with Crippen LogP contribution in [0.5, 0.6) is 0 Å². The maximum absolute atomic E-state index is 2.52. The van der Waals surface area contributed by atoms with Gasteiger partial charge < -0.3 is 9.80 Å². The first kappa shape index (κ1) is 45.4. The number of benzene rings is 12. The molecular weight excluding hydrogens is 929 g/mol. The molecule has 0 N–H and O–H groups in total. The van der Waals surface area contributed by atoms with E-state index >= 15 is 0 Å². The number of para-hydroxylation sites is 4. The lowest BCUT2D eigenvalue weighted by atomic mass is 9.73. The molecule has 0 unspecified atom stereocenters. The van der Waals surface area contributed by atoms with Crippen LogP contribution in [0.3, 0.4) is 0 Å². The Labute approximate surface area is 452 Å². The fourth-order valence-corrected chi connectivity index (χ4v) is 14.2. The average molecular weight is 987 g/mol. The Kier molecular flexibility index (Phi) is 9.74. The summed E-state index contributed by atoms with van der Waals surface area (Å²) in [5.74, 6) is 0. The van der Waals surface area contributed by atoms with Crippen molar-refractivity contribution in [2.45, 2.75) is 57.8 Å². The minimum Gasteiger partial charge on any atom is -0.310 e. The van der Waals surface area contributed by atoms with Crippen LogP contribution in [-0.2, 0) is 16.2 Å². The van der Waals surface area contributed by atoms with Gasteiger partial charge in [0.1, 0.15) is 0 Å². The molecule has 0 amide bonds. The lowest BCUT2D eigenvalue weighted by Gasteiger charge is -2.42. The van der Waals surface area contributed by atoms with Crippen LogP contribution in [0.15, 0.2) is 243 Å². The van der Waals surface area contributed by atoms with Crippen molar-refractivity contribution in [1.82, 2.24) is 0 Å². The molecule has 0 radical (unpaired) electrons. The Morgan fingerprint density at radius 1 is 0.247 bits per heavy atom. The summed E-state index contributed by atoms with van der Waals surface area (Å²) in [6.07, 6.45) is 0. The summed E-state index contributed by atoms with van der Waals surface area (Å²) in [5, 5.41) is 7.30. The summed E-state index contributed by atoms with van der Waals surface area (Å²) in [6, 6.07) is 91.9. The van der Waals surface area contributed by atoms with Crippen LogP contribution in [0.25, 0.3) is 76.8 Å². The molecule has 2 heterocycles. The average Bonchev–Trinajstić information content (AvgIpc) is 3.84. The molecule has 2 heteroatoms. The molecule has 368 valence electrons. The number of hydrogen-bond donors (Lipinski definition) is 0. The molecule has 0 spiro atoms. The van der Waals surface area contributed by atoms with Gasteiger partial charge in [0, 0.05) is 27.6 Å². The number of hydrogen-bond acceptors (Lipinski definition) is 2. The van der Waals surface area contributed by atoms with Crippen LogP contribution < -0.4 is 9.80 Å². The van der Waals surface area contributed by atoms with Crippen LogP contribution in [0.2, 0.25) is 0 Å². The Balaban J connectivity index is 1.07. The van der Waals surface area contributed by atoms with Crippen molar-refractivity contribution in [2.75, 3.05) is 9.80 Å². The first-order valence-corrected chi connectivity index (χ1v) is 27.3. The first-order valence-electron chi connectivity index (χ1n) is 27.3. The topological polar surface area (TPSA) is 6.48 Å². The Morgan fingerprint density at radius 2 is 0.636 bits per heavy atom. The third-order valence-electron chi connectivity index (χ3n) is 18.0. The molecule has 15 rings (SSSR count). The highest BCUT2D eigenvalue weighted by Gasteiger charge is 2.39. The SMILES string of the molecule is CC1(C)c2ccccc2-c2ccc(-c3ccccc3-c3c4cc(N5c6ccccc6C(C)(C)c6ccccc65)ccc4c(-c4cccc5ccccc45)c4cc(N5c6ccccc6C(C)(C)c6ccccc65)ccc34)cc21. The Hall–Kier alpha value is -8.98. The van der Waals surface area contributed by atoms with Gasteiger partial charge in [0.15, 0.2) is 0 Å². The third kappa shape index (κ3) is 6.49. The normalized spacial score (nSPS) is 15.1. The second-order valence-electron chi connectivity index (χ2n) is 23.2. The number of fused-ring (bicyclic) bond motifs is 10. The largest absolute Gasteiger partial charge is 0.310 e. The molecule has 0 atom stereocenters. The molecule has 0 saturated heterocycles. The Bertz CT molecular complexity index is 4350. The van der Waals surface area contributed by atoms with Crippen molar-refractivity contribution < 1.29 is 0 Å². The van der Waals surface area contributed by atoms with Gasteiger partial charge in [-0.05, 0) is 165 Å². The highest BCUT2D eigenvalue weighted by Crippen LogP contribution is 2.57. The highest BCUT2D eigenvalue weighted by molar-refractivity contribution is 6.25. The van der Waals surface area contributed by atoms with Crippen molar-refractivity contribution in [3.05, 3.63) is 276 Å². The van der Waals surface area contributed by atoms with Gasteiger partial charge in [-0.2, -0.15) is 0 Å². The molecular formula is C75H58N2. The summed E-state index contributed by atoms with van der Waals surface area (Å²) < 4.78 is 0. The van der Waals surface area contributed by atoms with Crippen molar-refractivity contribution in [1.29, 1.82) is 0 Å². The fraction of sp³-hybridized carbons (Fsp3) is 0.120. The van der Waals surface area contributed by atoms with Crippen LogP contribution in [0.4, 0.5) is 34.1 Å². The molecule has 77 heavy (non-hydrogen) atoms. The van der Waals surface area contributed by atoms with Gasteiger partial charge in [-0.3, -0.25) is 0 Å². The van der Waals surface area contributed by atoms with Crippen molar-refractivity contribution >= 4 is 66.4 Å². The maximum Gasteiger partial charge on any atom is 0.0502 e. The second-order valence-corrected chi connectivity index (χ2v) is 23.2. The molecule has 2 nitrogen and oxygen atoms in total. The lowest BCUT2D eigenvalue weighted by molar-refractivity contribution is 0.632. The minimum atomic E-state index is -0.184. The smallest absolute Gasteiger partial charge is 0.0502 e. The summed E-state index contributed by atoms with van der Waals surface area (Å²) in [5.41, 5.74) is 24.6. The van der Waals surface area contributed by atoms with Crippen LogP contribution in [0, 0.1) is 0 Å². The molecule has 0 aromatic heterocycles. The molecule has 12 aromatic rings. The van der Waals surface area contributed by atoms with E-state index in [-0.39, 0.29) is 16.2 Å². The zero-order chi connectivity index (χ0) is 52.0. The quantitative estimate of drug-likeness (QED) is 0.159. The van der Waals surface area contributed by atoms with E-state index in [0.29, 0.717) is 0 Å². The van der Waals surface area contributed by atoms with Crippen LogP contribution in [0.1, 0.15) is 74.9 Å². The summed E-state index contributed by atoms with van der Waals surface area (Å²) in [7, 11) is 0. The van der Waals surface area contributed by atoms with E-state index in [2.05, 4.69) is 294 Å². The summed E-state index contributed by atoms with van der Waals surface area (Å²) in [6.45, 7) is 14.3. The summed E-state index contributed by atoms with van der Waals surface area (Å²) >= 11 is 0. The van der Waals surface area contributed by atoms with Gasteiger partial charge in [-0.15, -0.1) is 0 Å². The number of anilines is 6. The predicted octanol–water partition coefficient (Wildman–Crippen LogP) is 20.7. The van der Waals surface area contributed by atoms with Crippen LogP contribution in [-0.4, -0.2) is 0 Å². The zero-order valence-corrected chi connectivity index (χ0v) is 44.5. The maximum atomic E-state index is 2.52. The molecule has 1 aliphatic carbocycles. The second kappa shape index (κ2) is 16.5. The minimum absolute atomic E-state index is 0.141. The Morgan fingerprint density at radius 3 is 1.18 bits per heavy atom. The van der Waals surface area contributed by atoms with E-state index in [9.17, 15) is 0 Å². The van der Waals surface area contributed by atoms with Gasteiger partial charge in [-0.1, -0.05) is 230 Å². The molecule has 2 aliphatic heterocycles. The van der Waals surface area contributed by atoms with E-state index in [1.165, 1.54) is 133 Å². The zero-order valence-electron chi connectivity index (χ0n) is 44.5. The summed E-state index contributed by atoms with van der Waals surface area (Å²) in [4.78, 5) is 5.03. The van der Waals surface area contributed by atoms with Gasteiger partial charge in [0.05, 0.1) is 22.7 Å². The standard InChI is InChI=1S/C75H58N2/c1-73(2)61-29-12-11-26-53(61)54-41-38-48(44-66(54)73)52-25-9-10-27-55(52)71-57-42-39-50(77-69-36-19-15-32-64(69)75(5,6)65-33-16-20-37-70(65)77)46-60(57)72(56-28-21-23-47-22-7-8-24-51(47)56)58-43-40-49(45-59(58)71)76-67-34-17-13-30-62(67)74(3,4)63-31-14-18-35-68(63)76/h7-46H,1-6H3. The van der Waals surface area contributed by atoms with Crippen LogP contribution >= 0.6 is 0 Å². The molecule has 0 bridgehead atoms. The lowest BCUT2D eigenvalue weighted by Crippen LogP contribution is -2.30. The van der Waals surface area contributed by atoms with E-state index < -0.39 is 0 Å². The molecule has 0 fully saturated rings. The van der Waals surface area contributed by atoms with Crippen molar-refractivity contribution in [3.8, 4) is 44.5 Å². The van der Waals surface area contributed by atoms with Gasteiger partial charge in [0.2, 0.25) is 0 Å². The monoisotopic (exact) mass is 986 g/mol. The molecule has 3 aliphatic rings.